The fourth-order valence-corrected chi connectivity index (χ4v) is 6.03. The Hall–Kier alpha value is -0.0400. The summed E-state index contributed by atoms with van der Waals surface area (Å²) in [6.45, 7) is 9.66. The first-order valence-electron chi connectivity index (χ1n) is 7.07. The molecule has 92 valence electrons. The van der Waals surface area contributed by atoms with E-state index in [-0.39, 0.29) is 6.10 Å². The molecule has 1 N–H and O–H groups in total. The van der Waals surface area contributed by atoms with Crippen LogP contribution in [0.25, 0.3) is 0 Å². The van der Waals surface area contributed by atoms with Crippen molar-refractivity contribution in [3.63, 3.8) is 0 Å². The fourth-order valence-electron chi connectivity index (χ4n) is 6.03. The summed E-state index contributed by atoms with van der Waals surface area (Å²) < 4.78 is 0. The summed E-state index contributed by atoms with van der Waals surface area (Å²) in [5, 5.41) is 10.4. The molecule has 0 aromatic rings. The van der Waals surface area contributed by atoms with E-state index >= 15 is 0 Å². The first-order chi connectivity index (χ1) is 7.39. The average molecular weight is 222 g/mol. The predicted molar refractivity (Wildman–Crippen MR) is 66.0 cm³/mol. The summed E-state index contributed by atoms with van der Waals surface area (Å²) >= 11 is 0. The topological polar surface area (TPSA) is 20.2 Å². The highest BCUT2D eigenvalue weighted by Crippen LogP contribution is 2.72. The Morgan fingerprint density at radius 2 is 1.88 bits per heavy atom. The van der Waals surface area contributed by atoms with Gasteiger partial charge in [0.05, 0.1) is 6.10 Å². The lowest BCUT2D eigenvalue weighted by Gasteiger charge is -2.39. The third-order valence-electron chi connectivity index (χ3n) is 6.69. The van der Waals surface area contributed by atoms with Gasteiger partial charge in [-0.2, -0.15) is 0 Å². The van der Waals surface area contributed by atoms with Crippen LogP contribution in [-0.2, 0) is 0 Å². The summed E-state index contributed by atoms with van der Waals surface area (Å²) in [4.78, 5) is 0. The van der Waals surface area contributed by atoms with Crippen LogP contribution >= 0.6 is 0 Å². The normalized spacial score (nSPS) is 58.7. The molecule has 1 unspecified atom stereocenters. The SMILES string of the molecule is C[C@@H]1CC[C@@]23C[C@@H]1C(C)(C)[C@@H]2C(O)C[C@H]3C. The van der Waals surface area contributed by atoms with Crippen molar-refractivity contribution < 1.29 is 5.11 Å². The molecule has 1 spiro atoms. The molecular formula is C15H26O. The summed E-state index contributed by atoms with van der Waals surface area (Å²) in [6, 6.07) is 0. The first-order valence-corrected chi connectivity index (χ1v) is 7.07. The number of aliphatic hydroxyl groups excluding tert-OH is 1. The number of aliphatic hydroxyl groups is 1. The average Bonchev–Trinajstić information content (AvgIpc) is 2.54. The van der Waals surface area contributed by atoms with Crippen molar-refractivity contribution in [1.29, 1.82) is 0 Å². The van der Waals surface area contributed by atoms with Crippen LogP contribution in [0.4, 0.5) is 0 Å². The standard InChI is InChI=1S/C15H26O/c1-9-5-6-15-8-11(9)14(3,4)13(15)12(16)7-10(15)2/h9-13,16H,5-8H2,1-4H3/t9-,10-,11+,12?,13+,15+/m1/s1. The third kappa shape index (κ3) is 1.06. The summed E-state index contributed by atoms with van der Waals surface area (Å²) in [5.41, 5.74) is 0.861. The van der Waals surface area contributed by atoms with E-state index in [4.69, 9.17) is 0 Å². The lowest BCUT2D eigenvalue weighted by atomic mass is 9.66. The van der Waals surface area contributed by atoms with Crippen LogP contribution in [0.1, 0.15) is 53.4 Å². The Morgan fingerprint density at radius 3 is 2.56 bits per heavy atom. The Morgan fingerprint density at radius 1 is 1.19 bits per heavy atom. The maximum absolute atomic E-state index is 10.4. The molecule has 3 fully saturated rings. The Kier molecular flexibility index (Phi) is 2.11. The van der Waals surface area contributed by atoms with Crippen LogP contribution in [-0.4, -0.2) is 11.2 Å². The molecule has 2 bridgehead atoms. The highest BCUT2D eigenvalue weighted by atomic mass is 16.3. The van der Waals surface area contributed by atoms with Crippen molar-refractivity contribution in [2.75, 3.05) is 0 Å². The van der Waals surface area contributed by atoms with E-state index in [1.807, 2.05) is 0 Å². The van der Waals surface area contributed by atoms with E-state index in [9.17, 15) is 5.11 Å². The predicted octanol–water partition coefficient (Wildman–Crippen LogP) is 3.47. The van der Waals surface area contributed by atoms with E-state index in [0.29, 0.717) is 16.7 Å². The number of hydrogen-bond donors (Lipinski definition) is 1. The Bertz CT molecular complexity index is 309. The molecule has 0 amide bonds. The smallest absolute Gasteiger partial charge is 0.0581 e. The molecule has 3 aliphatic carbocycles. The monoisotopic (exact) mass is 222 g/mol. The van der Waals surface area contributed by atoms with Gasteiger partial charge in [0.15, 0.2) is 0 Å². The van der Waals surface area contributed by atoms with Gasteiger partial charge in [-0.3, -0.25) is 0 Å². The maximum atomic E-state index is 10.4. The van der Waals surface area contributed by atoms with Crippen molar-refractivity contribution in [2.45, 2.75) is 59.5 Å². The second-order valence-corrected chi connectivity index (χ2v) is 7.56. The van der Waals surface area contributed by atoms with E-state index in [0.717, 1.165) is 24.2 Å². The molecule has 3 rings (SSSR count). The molecule has 0 radical (unpaired) electrons. The molecule has 1 nitrogen and oxygen atoms in total. The summed E-state index contributed by atoms with van der Waals surface area (Å²) in [7, 11) is 0. The van der Waals surface area contributed by atoms with E-state index in [2.05, 4.69) is 27.7 Å². The fraction of sp³-hybridized carbons (Fsp3) is 1.00. The zero-order valence-corrected chi connectivity index (χ0v) is 11.2. The lowest BCUT2D eigenvalue weighted by Crippen LogP contribution is -2.35. The van der Waals surface area contributed by atoms with Crippen LogP contribution in [0.3, 0.4) is 0 Å². The van der Waals surface area contributed by atoms with Crippen molar-refractivity contribution in [3.8, 4) is 0 Å². The van der Waals surface area contributed by atoms with E-state index in [1.54, 1.807) is 0 Å². The zero-order chi connectivity index (χ0) is 11.7. The highest BCUT2D eigenvalue weighted by Gasteiger charge is 2.67. The molecular weight excluding hydrogens is 196 g/mol. The van der Waals surface area contributed by atoms with E-state index < -0.39 is 0 Å². The Balaban J connectivity index is 2.07. The number of rotatable bonds is 0. The molecule has 0 aromatic carbocycles. The van der Waals surface area contributed by atoms with Gasteiger partial charge in [0, 0.05) is 0 Å². The molecule has 3 saturated carbocycles. The van der Waals surface area contributed by atoms with Crippen LogP contribution in [0.15, 0.2) is 0 Å². The molecule has 0 aliphatic heterocycles. The summed E-state index contributed by atoms with van der Waals surface area (Å²) in [5.74, 6) is 3.03. The molecule has 6 atom stereocenters. The van der Waals surface area contributed by atoms with Crippen LogP contribution in [0.2, 0.25) is 0 Å². The van der Waals surface area contributed by atoms with Crippen molar-refractivity contribution in [1.82, 2.24) is 0 Å². The van der Waals surface area contributed by atoms with Gasteiger partial charge in [0.2, 0.25) is 0 Å². The molecule has 1 heteroatoms. The second kappa shape index (κ2) is 3.04. The maximum Gasteiger partial charge on any atom is 0.0581 e. The zero-order valence-electron chi connectivity index (χ0n) is 11.2. The van der Waals surface area contributed by atoms with Gasteiger partial charge < -0.3 is 5.11 Å². The molecule has 0 saturated heterocycles. The largest absolute Gasteiger partial charge is 0.393 e. The number of hydrogen-bond acceptors (Lipinski definition) is 1. The lowest BCUT2D eigenvalue weighted by molar-refractivity contribution is 0.0280. The van der Waals surface area contributed by atoms with Gasteiger partial charge in [-0.05, 0) is 60.2 Å². The van der Waals surface area contributed by atoms with Crippen LogP contribution < -0.4 is 0 Å². The van der Waals surface area contributed by atoms with Gasteiger partial charge >= 0.3 is 0 Å². The van der Waals surface area contributed by atoms with Crippen molar-refractivity contribution >= 4 is 0 Å². The second-order valence-electron chi connectivity index (χ2n) is 7.56. The highest BCUT2D eigenvalue weighted by molar-refractivity contribution is 5.16. The minimum Gasteiger partial charge on any atom is -0.393 e. The minimum absolute atomic E-state index is 0.0275. The van der Waals surface area contributed by atoms with Crippen LogP contribution in [0.5, 0.6) is 0 Å². The molecule has 0 heterocycles. The van der Waals surface area contributed by atoms with Gasteiger partial charge in [0.25, 0.3) is 0 Å². The van der Waals surface area contributed by atoms with Crippen molar-refractivity contribution in [2.24, 2.45) is 34.5 Å². The Labute approximate surface area is 99.6 Å². The van der Waals surface area contributed by atoms with Gasteiger partial charge in [0.1, 0.15) is 0 Å². The quantitative estimate of drug-likeness (QED) is 0.665. The summed E-state index contributed by atoms with van der Waals surface area (Å²) in [6.07, 6.45) is 5.18. The van der Waals surface area contributed by atoms with Gasteiger partial charge in [-0.15, -0.1) is 0 Å². The third-order valence-corrected chi connectivity index (χ3v) is 6.69. The molecule has 16 heavy (non-hydrogen) atoms. The van der Waals surface area contributed by atoms with E-state index in [1.165, 1.54) is 19.3 Å². The molecule has 0 aromatic heterocycles. The van der Waals surface area contributed by atoms with Crippen LogP contribution in [0, 0.1) is 34.5 Å². The van der Waals surface area contributed by atoms with Gasteiger partial charge in [-0.1, -0.05) is 27.7 Å². The molecule has 3 aliphatic rings. The number of fused-ring (bicyclic) bond motifs is 1. The first kappa shape index (κ1) is 11.1. The van der Waals surface area contributed by atoms with Gasteiger partial charge in [-0.25, -0.2) is 0 Å². The minimum atomic E-state index is -0.0275. The van der Waals surface area contributed by atoms with Crippen molar-refractivity contribution in [3.05, 3.63) is 0 Å².